The molecule has 2 fully saturated rings. The summed E-state index contributed by atoms with van der Waals surface area (Å²) in [7, 11) is 0. The molecular weight excluding hydrogens is 358 g/mol. The lowest BCUT2D eigenvalue weighted by atomic mass is 9.88. The molecule has 1 unspecified atom stereocenters. The van der Waals surface area contributed by atoms with Crippen molar-refractivity contribution in [3.63, 3.8) is 0 Å². The number of carbonyl (C=O) groups is 1. The van der Waals surface area contributed by atoms with Crippen LogP contribution in [0.1, 0.15) is 56.2 Å². The van der Waals surface area contributed by atoms with Crippen LogP contribution in [0.3, 0.4) is 0 Å². The second kappa shape index (κ2) is 10.1. The normalized spacial score (nSPS) is 21.5. The number of guanidine groups is 1. The lowest BCUT2D eigenvalue weighted by Crippen LogP contribution is -2.45. The summed E-state index contributed by atoms with van der Waals surface area (Å²) in [5.74, 6) is 1.49. The first kappa shape index (κ1) is 20.1. The van der Waals surface area contributed by atoms with Crippen LogP contribution in [0.15, 0.2) is 10.4 Å². The molecule has 1 saturated heterocycles. The topological polar surface area (TPSA) is 69.6 Å². The summed E-state index contributed by atoms with van der Waals surface area (Å²) in [6, 6.07) is 0.289. The fraction of sp³-hybridized carbons (Fsp3) is 0.750. The highest BCUT2D eigenvalue weighted by molar-refractivity contribution is 7.09. The Hall–Kier alpha value is -1.63. The fourth-order valence-electron chi connectivity index (χ4n) is 4.00. The minimum Gasteiger partial charge on any atom is -0.357 e. The van der Waals surface area contributed by atoms with Crippen molar-refractivity contribution in [2.24, 2.45) is 10.9 Å². The summed E-state index contributed by atoms with van der Waals surface area (Å²) >= 11 is 1.69. The predicted molar refractivity (Wildman–Crippen MR) is 111 cm³/mol. The van der Waals surface area contributed by atoms with Crippen LogP contribution in [0, 0.1) is 12.8 Å². The molecule has 1 aliphatic heterocycles. The molecule has 0 aromatic carbocycles. The summed E-state index contributed by atoms with van der Waals surface area (Å²) in [5.41, 5.74) is 1.11. The van der Waals surface area contributed by atoms with Crippen molar-refractivity contribution in [3.8, 4) is 0 Å². The van der Waals surface area contributed by atoms with Gasteiger partial charge in [-0.1, -0.05) is 19.3 Å². The minimum atomic E-state index is 0.265. The van der Waals surface area contributed by atoms with E-state index in [0.29, 0.717) is 5.91 Å². The van der Waals surface area contributed by atoms with E-state index in [1.807, 2.05) is 6.92 Å². The number of hydrogen-bond acceptors (Lipinski definition) is 4. The van der Waals surface area contributed by atoms with E-state index in [1.165, 1.54) is 19.3 Å². The van der Waals surface area contributed by atoms with Crippen molar-refractivity contribution in [2.75, 3.05) is 26.2 Å². The van der Waals surface area contributed by atoms with Gasteiger partial charge in [-0.25, -0.2) is 4.98 Å². The summed E-state index contributed by atoms with van der Waals surface area (Å²) in [5, 5.41) is 10.1. The Kier molecular flexibility index (Phi) is 7.50. The highest BCUT2D eigenvalue weighted by Gasteiger charge is 2.31. The van der Waals surface area contributed by atoms with Crippen molar-refractivity contribution in [3.05, 3.63) is 16.1 Å². The maximum absolute atomic E-state index is 12.7. The number of aromatic nitrogens is 1. The number of amides is 1. The molecule has 0 radical (unpaired) electrons. The molecule has 6 nitrogen and oxygen atoms in total. The zero-order chi connectivity index (χ0) is 19.1. The Morgan fingerprint density at radius 2 is 2.15 bits per heavy atom. The van der Waals surface area contributed by atoms with Crippen LogP contribution in [0.5, 0.6) is 0 Å². The maximum atomic E-state index is 12.7. The molecule has 3 rings (SSSR count). The second-order valence-electron chi connectivity index (χ2n) is 7.62. The highest BCUT2D eigenvalue weighted by Crippen LogP contribution is 2.26. The molecule has 1 aliphatic carbocycles. The van der Waals surface area contributed by atoms with Crippen LogP contribution in [0.2, 0.25) is 0 Å². The van der Waals surface area contributed by atoms with E-state index < -0.39 is 0 Å². The Bertz CT molecular complexity index is 638. The van der Waals surface area contributed by atoms with Gasteiger partial charge in [-0.2, -0.15) is 0 Å². The average molecular weight is 392 g/mol. The van der Waals surface area contributed by atoms with E-state index in [9.17, 15) is 4.79 Å². The van der Waals surface area contributed by atoms with Crippen LogP contribution < -0.4 is 10.6 Å². The zero-order valence-corrected chi connectivity index (χ0v) is 17.5. The highest BCUT2D eigenvalue weighted by atomic mass is 32.1. The lowest BCUT2D eigenvalue weighted by Gasteiger charge is -2.26. The van der Waals surface area contributed by atoms with Gasteiger partial charge < -0.3 is 15.5 Å². The van der Waals surface area contributed by atoms with Gasteiger partial charge in [0.05, 0.1) is 10.7 Å². The van der Waals surface area contributed by atoms with Crippen molar-refractivity contribution < 1.29 is 4.79 Å². The molecule has 1 saturated carbocycles. The lowest BCUT2D eigenvalue weighted by molar-refractivity contribution is -0.135. The van der Waals surface area contributed by atoms with Gasteiger partial charge in [0.15, 0.2) is 5.96 Å². The van der Waals surface area contributed by atoms with E-state index in [4.69, 9.17) is 4.99 Å². The second-order valence-corrected chi connectivity index (χ2v) is 8.68. The number of nitrogens with one attached hydrogen (secondary N) is 2. The average Bonchev–Trinajstić information content (AvgIpc) is 3.31. The third-order valence-corrected chi connectivity index (χ3v) is 6.27. The van der Waals surface area contributed by atoms with Gasteiger partial charge in [0.2, 0.25) is 5.91 Å². The SMILES string of the molecule is CCNC(=NCCc1csc(C)n1)NC1CCN(C(=O)C2CCCCC2)C1. The van der Waals surface area contributed by atoms with E-state index >= 15 is 0 Å². The molecule has 1 aromatic heterocycles. The first-order valence-corrected chi connectivity index (χ1v) is 11.3. The monoisotopic (exact) mass is 391 g/mol. The standard InChI is InChI=1S/C20H33N5OS/c1-3-21-20(22-11-9-18-14-27-15(2)23-18)24-17-10-12-25(13-17)19(26)16-7-5-4-6-8-16/h14,16-17H,3-13H2,1-2H3,(H2,21,22,24). The minimum absolute atomic E-state index is 0.265. The fourth-order valence-corrected chi connectivity index (χ4v) is 4.65. The van der Waals surface area contributed by atoms with Gasteiger partial charge >= 0.3 is 0 Å². The van der Waals surface area contributed by atoms with E-state index in [0.717, 1.165) is 68.5 Å². The van der Waals surface area contributed by atoms with Crippen molar-refractivity contribution >= 4 is 23.2 Å². The van der Waals surface area contributed by atoms with Gasteiger partial charge in [0.25, 0.3) is 0 Å². The molecule has 1 amide bonds. The molecule has 150 valence electrons. The number of rotatable bonds is 6. The number of likely N-dealkylation sites (tertiary alicyclic amines) is 1. The smallest absolute Gasteiger partial charge is 0.225 e. The van der Waals surface area contributed by atoms with E-state index in [-0.39, 0.29) is 12.0 Å². The van der Waals surface area contributed by atoms with Crippen LogP contribution in [-0.2, 0) is 11.2 Å². The Labute approximate surface area is 166 Å². The van der Waals surface area contributed by atoms with Gasteiger partial charge in [-0.15, -0.1) is 11.3 Å². The van der Waals surface area contributed by atoms with Gasteiger partial charge in [-0.3, -0.25) is 9.79 Å². The predicted octanol–water partition coefficient (Wildman–Crippen LogP) is 2.73. The molecule has 1 aromatic rings. The molecule has 7 heteroatoms. The van der Waals surface area contributed by atoms with Gasteiger partial charge in [-0.05, 0) is 33.1 Å². The van der Waals surface area contributed by atoms with Crippen molar-refractivity contribution in [1.29, 1.82) is 0 Å². The first-order chi connectivity index (χ1) is 13.2. The number of aryl methyl sites for hydroxylation is 1. The molecule has 1 atom stereocenters. The van der Waals surface area contributed by atoms with Crippen LogP contribution in [-0.4, -0.2) is 54.0 Å². The summed E-state index contributed by atoms with van der Waals surface area (Å²) in [6.07, 6.45) is 7.72. The number of hydrogen-bond donors (Lipinski definition) is 2. The Balaban J connectivity index is 1.47. The van der Waals surface area contributed by atoms with Crippen molar-refractivity contribution in [1.82, 2.24) is 20.5 Å². The molecule has 2 N–H and O–H groups in total. The summed E-state index contributed by atoms with van der Waals surface area (Å²) in [4.78, 5) is 24.0. The van der Waals surface area contributed by atoms with Crippen molar-refractivity contribution in [2.45, 2.75) is 64.8 Å². The molecule has 0 bridgehead atoms. The summed E-state index contributed by atoms with van der Waals surface area (Å²) in [6.45, 7) is 7.32. The van der Waals surface area contributed by atoms with Gasteiger partial charge in [0.1, 0.15) is 0 Å². The summed E-state index contributed by atoms with van der Waals surface area (Å²) < 4.78 is 0. The van der Waals surface area contributed by atoms with Gasteiger partial charge in [0, 0.05) is 49.9 Å². The third kappa shape index (κ3) is 5.92. The van der Waals surface area contributed by atoms with Crippen LogP contribution >= 0.6 is 11.3 Å². The van der Waals surface area contributed by atoms with Crippen LogP contribution in [0.4, 0.5) is 0 Å². The quantitative estimate of drug-likeness (QED) is 0.578. The maximum Gasteiger partial charge on any atom is 0.225 e. The molecule has 2 heterocycles. The molecule has 27 heavy (non-hydrogen) atoms. The van der Waals surface area contributed by atoms with Crippen LogP contribution in [0.25, 0.3) is 0 Å². The Morgan fingerprint density at radius 3 is 2.85 bits per heavy atom. The first-order valence-electron chi connectivity index (χ1n) is 10.4. The number of thiazole rings is 1. The van der Waals surface area contributed by atoms with E-state index in [1.54, 1.807) is 11.3 Å². The molecular formula is C20H33N5OS. The number of carbonyl (C=O) groups excluding carboxylic acids is 1. The number of nitrogens with zero attached hydrogens (tertiary/aromatic N) is 3. The molecule has 2 aliphatic rings. The van der Waals surface area contributed by atoms with E-state index in [2.05, 4.69) is 32.8 Å². The molecule has 0 spiro atoms. The Morgan fingerprint density at radius 1 is 1.33 bits per heavy atom. The third-order valence-electron chi connectivity index (χ3n) is 5.44. The largest absolute Gasteiger partial charge is 0.357 e. The number of aliphatic imine (C=N–C) groups is 1. The zero-order valence-electron chi connectivity index (χ0n) is 16.7.